The van der Waals surface area contributed by atoms with Gasteiger partial charge >= 0.3 is 6.18 Å². The quantitative estimate of drug-likeness (QED) is 0.528. The molecule has 0 aliphatic carbocycles. The van der Waals surface area contributed by atoms with E-state index in [1.54, 1.807) is 29.2 Å². The maximum atomic E-state index is 12.9. The van der Waals surface area contributed by atoms with Gasteiger partial charge < -0.3 is 9.42 Å². The van der Waals surface area contributed by atoms with Gasteiger partial charge in [-0.3, -0.25) is 4.79 Å². The van der Waals surface area contributed by atoms with Crippen LogP contribution >= 0.6 is 0 Å². The van der Waals surface area contributed by atoms with Crippen molar-refractivity contribution in [1.82, 2.24) is 15.0 Å². The Morgan fingerprint density at radius 2 is 1.87 bits per heavy atom. The fourth-order valence-electron chi connectivity index (χ4n) is 3.01. The van der Waals surface area contributed by atoms with E-state index in [0.29, 0.717) is 18.5 Å². The summed E-state index contributed by atoms with van der Waals surface area (Å²) in [6.45, 7) is 4.31. The lowest BCUT2D eigenvalue weighted by atomic mass is 10.1. The van der Waals surface area contributed by atoms with Crippen molar-refractivity contribution in [2.24, 2.45) is 0 Å². The van der Waals surface area contributed by atoms with Gasteiger partial charge in [0.25, 0.3) is 5.91 Å². The maximum absolute atomic E-state index is 12.9. The minimum absolute atomic E-state index is 0.00330. The smallest absolute Gasteiger partial charge is 0.339 e. The van der Waals surface area contributed by atoms with Gasteiger partial charge in [-0.2, -0.15) is 18.2 Å². The average Bonchev–Trinajstić information content (AvgIpc) is 3.22. The highest BCUT2D eigenvalue weighted by Crippen LogP contribution is 2.31. The predicted molar refractivity (Wildman–Crippen MR) is 106 cm³/mol. The molecule has 0 radical (unpaired) electrons. The number of hydrogen-bond acceptors (Lipinski definition) is 4. The van der Waals surface area contributed by atoms with Gasteiger partial charge in [0.2, 0.25) is 11.7 Å². The zero-order valence-corrected chi connectivity index (χ0v) is 16.7. The molecule has 0 spiro atoms. The van der Waals surface area contributed by atoms with Crippen LogP contribution in [0.1, 0.15) is 42.1 Å². The van der Waals surface area contributed by atoms with Crippen LogP contribution in [0.15, 0.2) is 59.1 Å². The van der Waals surface area contributed by atoms with E-state index in [-0.39, 0.29) is 29.2 Å². The Morgan fingerprint density at radius 1 is 1.13 bits per heavy atom. The molecule has 1 amide bonds. The summed E-state index contributed by atoms with van der Waals surface area (Å²) in [5, 5.41) is 3.80. The molecule has 0 aliphatic heterocycles. The number of carbonyl (C=O) groups is 1. The zero-order chi connectivity index (χ0) is 21.7. The lowest BCUT2D eigenvalue weighted by Gasteiger charge is -2.28. The Morgan fingerprint density at radius 3 is 2.53 bits per heavy atom. The van der Waals surface area contributed by atoms with Gasteiger partial charge in [-0.1, -0.05) is 42.4 Å². The van der Waals surface area contributed by atoms with Gasteiger partial charge in [0, 0.05) is 30.1 Å². The minimum Gasteiger partial charge on any atom is -0.339 e. The standard InChI is InChI=1S/C22H22F3N3O2/c1-3-15(2)28(21(29)16-8-5-4-6-9-16)13-12-19-26-20(27-30-19)17-10-7-11-18(14-17)22(23,24)25/h4-11,14-15H,3,12-13H2,1-2H3/t15-/m1/s1. The fourth-order valence-corrected chi connectivity index (χ4v) is 3.01. The third-order valence-corrected chi connectivity index (χ3v) is 4.89. The number of carbonyl (C=O) groups excluding carboxylic acids is 1. The number of benzene rings is 2. The molecule has 0 saturated carbocycles. The number of aromatic nitrogens is 2. The number of nitrogens with zero attached hydrogens (tertiary/aromatic N) is 3. The van der Waals surface area contributed by atoms with E-state index >= 15 is 0 Å². The number of amides is 1. The first-order valence-electron chi connectivity index (χ1n) is 9.65. The molecule has 1 atom stereocenters. The fraction of sp³-hybridized carbons (Fsp3) is 0.318. The Bertz CT molecular complexity index is 987. The molecule has 8 heteroatoms. The monoisotopic (exact) mass is 417 g/mol. The molecule has 158 valence electrons. The topological polar surface area (TPSA) is 59.2 Å². The van der Waals surface area contributed by atoms with E-state index in [2.05, 4.69) is 10.1 Å². The van der Waals surface area contributed by atoms with E-state index in [9.17, 15) is 18.0 Å². The summed E-state index contributed by atoms with van der Waals surface area (Å²) < 4.78 is 44.0. The summed E-state index contributed by atoms with van der Waals surface area (Å²) in [6.07, 6.45) is -3.37. The van der Waals surface area contributed by atoms with Gasteiger partial charge in [0.1, 0.15) is 0 Å². The summed E-state index contributed by atoms with van der Waals surface area (Å²) in [4.78, 5) is 18.8. The van der Waals surface area contributed by atoms with Crippen molar-refractivity contribution in [2.45, 2.75) is 38.9 Å². The molecule has 30 heavy (non-hydrogen) atoms. The number of rotatable bonds is 7. The maximum Gasteiger partial charge on any atom is 0.416 e. The highest BCUT2D eigenvalue weighted by molar-refractivity contribution is 5.94. The molecule has 3 rings (SSSR count). The van der Waals surface area contributed by atoms with Crippen molar-refractivity contribution < 1.29 is 22.5 Å². The SMILES string of the molecule is CC[C@@H](C)N(CCc1nc(-c2cccc(C(F)(F)F)c2)no1)C(=O)c1ccccc1. The van der Waals surface area contributed by atoms with Crippen LogP contribution in [0.2, 0.25) is 0 Å². The first-order chi connectivity index (χ1) is 14.3. The third kappa shape index (κ3) is 5.06. The Balaban J connectivity index is 1.74. The van der Waals surface area contributed by atoms with Gasteiger partial charge in [-0.15, -0.1) is 0 Å². The van der Waals surface area contributed by atoms with Crippen LogP contribution in [0.25, 0.3) is 11.4 Å². The second-order valence-electron chi connectivity index (χ2n) is 6.96. The molecule has 0 bridgehead atoms. The van der Waals surface area contributed by atoms with E-state index in [4.69, 9.17) is 4.52 Å². The van der Waals surface area contributed by atoms with Crippen molar-refractivity contribution in [2.75, 3.05) is 6.54 Å². The van der Waals surface area contributed by atoms with Crippen LogP contribution in [0, 0.1) is 0 Å². The Kier molecular flexibility index (Phi) is 6.54. The van der Waals surface area contributed by atoms with Gasteiger partial charge in [0.15, 0.2) is 0 Å². The molecule has 0 aliphatic rings. The van der Waals surface area contributed by atoms with Crippen molar-refractivity contribution >= 4 is 5.91 Å². The lowest BCUT2D eigenvalue weighted by Crippen LogP contribution is -2.39. The summed E-state index contributed by atoms with van der Waals surface area (Å²) in [5.41, 5.74) is 0.0368. The van der Waals surface area contributed by atoms with Crippen molar-refractivity contribution in [3.8, 4) is 11.4 Å². The van der Waals surface area contributed by atoms with Crippen molar-refractivity contribution in [3.05, 3.63) is 71.6 Å². The van der Waals surface area contributed by atoms with Crippen molar-refractivity contribution in [1.29, 1.82) is 0 Å². The predicted octanol–water partition coefficient (Wildman–Crippen LogP) is 5.24. The summed E-state index contributed by atoms with van der Waals surface area (Å²) in [5.74, 6) is 0.250. The van der Waals surface area contributed by atoms with Gasteiger partial charge in [0.05, 0.1) is 5.56 Å². The molecule has 0 fully saturated rings. The van der Waals surface area contributed by atoms with E-state index in [1.807, 2.05) is 19.9 Å². The molecule has 5 nitrogen and oxygen atoms in total. The summed E-state index contributed by atoms with van der Waals surface area (Å²) in [6, 6.07) is 13.8. The number of alkyl halides is 3. The first-order valence-corrected chi connectivity index (χ1v) is 9.65. The molecule has 3 aromatic rings. The first kappa shape index (κ1) is 21.5. The second kappa shape index (κ2) is 9.11. The van der Waals surface area contributed by atoms with E-state index in [1.165, 1.54) is 12.1 Å². The van der Waals surface area contributed by atoms with Gasteiger partial charge in [-0.05, 0) is 37.6 Å². The van der Waals surface area contributed by atoms with E-state index < -0.39 is 11.7 Å². The van der Waals surface area contributed by atoms with Gasteiger partial charge in [-0.25, -0.2) is 0 Å². The number of hydrogen-bond donors (Lipinski definition) is 0. The van der Waals surface area contributed by atoms with Crippen LogP contribution in [0.4, 0.5) is 13.2 Å². The van der Waals surface area contributed by atoms with Crippen LogP contribution in [0.5, 0.6) is 0 Å². The molecule has 0 saturated heterocycles. The molecular weight excluding hydrogens is 395 g/mol. The second-order valence-corrected chi connectivity index (χ2v) is 6.96. The molecule has 1 aromatic heterocycles. The van der Waals surface area contributed by atoms with Crippen LogP contribution < -0.4 is 0 Å². The highest BCUT2D eigenvalue weighted by atomic mass is 19.4. The lowest BCUT2D eigenvalue weighted by molar-refractivity contribution is -0.137. The minimum atomic E-state index is -4.45. The number of halogens is 3. The van der Waals surface area contributed by atoms with Crippen LogP contribution in [-0.4, -0.2) is 33.5 Å². The zero-order valence-electron chi connectivity index (χ0n) is 16.7. The molecular formula is C22H22F3N3O2. The summed E-state index contributed by atoms with van der Waals surface area (Å²) in [7, 11) is 0. The van der Waals surface area contributed by atoms with Crippen LogP contribution in [0.3, 0.4) is 0 Å². The van der Waals surface area contributed by atoms with Crippen molar-refractivity contribution in [3.63, 3.8) is 0 Å². The third-order valence-electron chi connectivity index (χ3n) is 4.89. The Hall–Kier alpha value is -3.16. The molecule has 2 aromatic carbocycles. The van der Waals surface area contributed by atoms with E-state index in [0.717, 1.165) is 18.6 Å². The summed E-state index contributed by atoms with van der Waals surface area (Å²) >= 11 is 0. The molecule has 0 N–H and O–H groups in total. The average molecular weight is 417 g/mol. The highest BCUT2D eigenvalue weighted by Gasteiger charge is 2.31. The molecule has 0 unspecified atom stereocenters. The molecule has 1 heterocycles. The van der Waals surface area contributed by atoms with Crippen LogP contribution in [-0.2, 0) is 12.6 Å². The largest absolute Gasteiger partial charge is 0.416 e. The Labute approximate surface area is 172 Å². The normalized spacial score (nSPS) is 12.6.